The van der Waals surface area contributed by atoms with Gasteiger partial charge in [-0.05, 0) is 18.4 Å². The first kappa shape index (κ1) is 18.9. The van der Waals surface area contributed by atoms with E-state index in [1.54, 1.807) is 0 Å². The van der Waals surface area contributed by atoms with E-state index >= 15 is 0 Å². The minimum Gasteiger partial charge on any atom is -0.480 e. The summed E-state index contributed by atoms with van der Waals surface area (Å²) in [7, 11) is 0. The van der Waals surface area contributed by atoms with Crippen molar-refractivity contribution in [2.45, 2.75) is 46.7 Å². The Balaban J connectivity index is 2.74. The molecule has 0 radical (unpaired) electrons. The molecular weight excluding hydrogens is 282 g/mol. The van der Waals surface area contributed by atoms with Crippen molar-refractivity contribution in [2.24, 2.45) is 11.8 Å². The molecule has 1 fully saturated rings. The number of carboxylic acids is 1. The molecular formula is C16H31N3O3. The highest BCUT2D eigenvalue weighted by atomic mass is 16.4. The average molecular weight is 313 g/mol. The largest absolute Gasteiger partial charge is 0.480 e. The first-order valence-corrected chi connectivity index (χ1v) is 8.27. The molecule has 2 unspecified atom stereocenters. The SMILES string of the molecule is CCN1CCN(C(C(=O)NC(C(=O)O)C(C)C)C(C)C)CC1. The molecule has 1 heterocycles. The fraction of sp³-hybridized carbons (Fsp3) is 0.875. The highest BCUT2D eigenvalue weighted by Crippen LogP contribution is 2.15. The van der Waals surface area contributed by atoms with Crippen LogP contribution in [0, 0.1) is 11.8 Å². The number of carbonyl (C=O) groups is 2. The van der Waals surface area contributed by atoms with Crippen LogP contribution in [0.15, 0.2) is 0 Å². The van der Waals surface area contributed by atoms with Crippen LogP contribution in [-0.2, 0) is 9.59 Å². The van der Waals surface area contributed by atoms with Gasteiger partial charge in [0.1, 0.15) is 6.04 Å². The number of hydrogen-bond acceptors (Lipinski definition) is 4. The maximum Gasteiger partial charge on any atom is 0.326 e. The maximum atomic E-state index is 12.6. The Morgan fingerprint density at radius 3 is 1.95 bits per heavy atom. The maximum absolute atomic E-state index is 12.6. The summed E-state index contributed by atoms with van der Waals surface area (Å²) in [6.45, 7) is 14.4. The van der Waals surface area contributed by atoms with Crippen molar-refractivity contribution in [1.82, 2.24) is 15.1 Å². The Labute approximate surface area is 133 Å². The molecule has 0 aromatic rings. The van der Waals surface area contributed by atoms with E-state index in [0.29, 0.717) is 0 Å². The summed E-state index contributed by atoms with van der Waals surface area (Å²) in [5.74, 6) is -1.12. The Kier molecular flexibility index (Phi) is 7.29. The van der Waals surface area contributed by atoms with Gasteiger partial charge in [-0.2, -0.15) is 0 Å². The number of aliphatic carboxylic acids is 1. The average Bonchev–Trinajstić information content (AvgIpc) is 2.44. The lowest BCUT2D eigenvalue weighted by molar-refractivity contribution is -0.144. The molecule has 6 heteroatoms. The molecule has 0 saturated carbocycles. The van der Waals surface area contributed by atoms with Crippen LogP contribution < -0.4 is 5.32 Å². The summed E-state index contributed by atoms with van der Waals surface area (Å²) < 4.78 is 0. The van der Waals surface area contributed by atoms with Crippen LogP contribution in [0.2, 0.25) is 0 Å². The molecule has 128 valence electrons. The van der Waals surface area contributed by atoms with Crippen LogP contribution >= 0.6 is 0 Å². The van der Waals surface area contributed by atoms with Crippen molar-refractivity contribution in [3.05, 3.63) is 0 Å². The van der Waals surface area contributed by atoms with Crippen LogP contribution in [-0.4, -0.2) is 71.6 Å². The van der Waals surface area contributed by atoms with Crippen molar-refractivity contribution in [3.8, 4) is 0 Å². The smallest absolute Gasteiger partial charge is 0.326 e. The van der Waals surface area contributed by atoms with E-state index in [4.69, 9.17) is 0 Å². The second-order valence-corrected chi connectivity index (χ2v) is 6.73. The summed E-state index contributed by atoms with van der Waals surface area (Å²) in [4.78, 5) is 28.5. The van der Waals surface area contributed by atoms with Gasteiger partial charge in [0, 0.05) is 26.2 Å². The molecule has 1 saturated heterocycles. The fourth-order valence-electron chi connectivity index (χ4n) is 3.00. The van der Waals surface area contributed by atoms with Gasteiger partial charge in [-0.15, -0.1) is 0 Å². The van der Waals surface area contributed by atoms with Gasteiger partial charge >= 0.3 is 5.97 Å². The predicted octanol–water partition coefficient (Wildman–Crippen LogP) is 0.874. The van der Waals surface area contributed by atoms with Gasteiger partial charge in [-0.3, -0.25) is 9.69 Å². The summed E-state index contributed by atoms with van der Waals surface area (Å²) in [5, 5.41) is 12.0. The van der Waals surface area contributed by atoms with Crippen LogP contribution in [0.1, 0.15) is 34.6 Å². The molecule has 22 heavy (non-hydrogen) atoms. The van der Waals surface area contributed by atoms with E-state index in [9.17, 15) is 14.7 Å². The summed E-state index contributed by atoms with van der Waals surface area (Å²) in [6, 6.07) is -1.09. The van der Waals surface area contributed by atoms with Crippen molar-refractivity contribution in [2.75, 3.05) is 32.7 Å². The third kappa shape index (κ3) is 4.95. The summed E-state index contributed by atoms with van der Waals surface area (Å²) >= 11 is 0. The van der Waals surface area contributed by atoms with E-state index in [0.717, 1.165) is 32.7 Å². The van der Waals surface area contributed by atoms with Gasteiger partial charge in [-0.1, -0.05) is 34.6 Å². The molecule has 0 aromatic heterocycles. The number of hydrogen-bond donors (Lipinski definition) is 2. The highest BCUT2D eigenvalue weighted by Gasteiger charge is 2.34. The summed E-state index contributed by atoms with van der Waals surface area (Å²) in [6.07, 6.45) is 0. The quantitative estimate of drug-likeness (QED) is 0.730. The second kappa shape index (κ2) is 8.48. The zero-order valence-corrected chi connectivity index (χ0v) is 14.5. The second-order valence-electron chi connectivity index (χ2n) is 6.73. The Morgan fingerprint density at radius 1 is 1.05 bits per heavy atom. The number of carboxylic acid groups (broad SMARTS) is 1. The number of carbonyl (C=O) groups excluding carboxylic acids is 1. The summed E-state index contributed by atoms with van der Waals surface area (Å²) in [5.41, 5.74) is 0. The molecule has 2 atom stereocenters. The molecule has 0 bridgehead atoms. The highest BCUT2D eigenvalue weighted by molar-refractivity contribution is 5.87. The molecule has 2 N–H and O–H groups in total. The van der Waals surface area contributed by atoms with Crippen LogP contribution in [0.5, 0.6) is 0 Å². The lowest BCUT2D eigenvalue weighted by Gasteiger charge is -2.40. The fourth-order valence-corrected chi connectivity index (χ4v) is 3.00. The molecule has 0 aliphatic carbocycles. The van der Waals surface area contributed by atoms with Crippen LogP contribution in [0.4, 0.5) is 0 Å². The first-order valence-electron chi connectivity index (χ1n) is 8.27. The molecule has 1 amide bonds. The third-order valence-electron chi connectivity index (χ3n) is 4.38. The molecule has 6 nitrogen and oxygen atoms in total. The third-order valence-corrected chi connectivity index (χ3v) is 4.38. The van der Waals surface area contributed by atoms with Gasteiger partial charge in [0.2, 0.25) is 5.91 Å². The van der Waals surface area contributed by atoms with E-state index < -0.39 is 12.0 Å². The van der Waals surface area contributed by atoms with E-state index in [-0.39, 0.29) is 23.8 Å². The minimum absolute atomic E-state index is 0.133. The molecule has 0 aromatic carbocycles. The Hall–Kier alpha value is -1.14. The predicted molar refractivity (Wildman–Crippen MR) is 86.7 cm³/mol. The van der Waals surface area contributed by atoms with Gasteiger partial charge < -0.3 is 15.3 Å². The Bertz CT molecular complexity index is 377. The van der Waals surface area contributed by atoms with Crippen molar-refractivity contribution >= 4 is 11.9 Å². The topological polar surface area (TPSA) is 72.9 Å². The number of amides is 1. The number of nitrogens with zero attached hydrogens (tertiary/aromatic N) is 2. The van der Waals surface area contributed by atoms with Crippen molar-refractivity contribution < 1.29 is 14.7 Å². The normalized spacial score (nSPS) is 20.1. The van der Waals surface area contributed by atoms with Gasteiger partial charge in [0.05, 0.1) is 6.04 Å². The van der Waals surface area contributed by atoms with Gasteiger partial charge in [-0.25, -0.2) is 4.79 Å². The zero-order chi connectivity index (χ0) is 16.9. The molecule has 1 aliphatic rings. The minimum atomic E-state index is -0.971. The van der Waals surface area contributed by atoms with Crippen LogP contribution in [0.25, 0.3) is 0 Å². The van der Waals surface area contributed by atoms with Gasteiger partial charge in [0.25, 0.3) is 0 Å². The van der Waals surface area contributed by atoms with E-state index in [1.165, 1.54) is 0 Å². The number of rotatable bonds is 7. The zero-order valence-electron chi connectivity index (χ0n) is 14.5. The lowest BCUT2D eigenvalue weighted by atomic mass is 9.98. The van der Waals surface area contributed by atoms with Crippen LogP contribution in [0.3, 0.4) is 0 Å². The van der Waals surface area contributed by atoms with E-state index in [2.05, 4.69) is 22.0 Å². The molecule has 1 aliphatic heterocycles. The standard InChI is InChI=1S/C16H31N3O3/c1-6-18-7-9-19(10-8-18)14(12(4)5)15(20)17-13(11(2)3)16(21)22/h11-14H,6-10H2,1-5H3,(H,17,20)(H,21,22). The lowest BCUT2D eigenvalue weighted by Crippen LogP contribution is -2.59. The van der Waals surface area contributed by atoms with E-state index in [1.807, 2.05) is 27.7 Å². The first-order chi connectivity index (χ1) is 10.3. The number of nitrogens with one attached hydrogen (secondary N) is 1. The molecule has 1 rings (SSSR count). The number of likely N-dealkylation sites (N-methyl/N-ethyl adjacent to an activating group) is 1. The Morgan fingerprint density at radius 2 is 1.59 bits per heavy atom. The number of piperazine rings is 1. The van der Waals surface area contributed by atoms with Gasteiger partial charge in [0.15, 0.2) is 0 Å². The monoisotopic (exact) mass is 313 g/mol. The molecule has 0 spiro atoms. The van der Waals surface area contributed by atoms with Crippen molar-refractivity contribution in [1.29, 1.82) is 0 Å². The van der Waals surface area contributed by atoms with Crippen molar-refractivity contribution in [3.63, 3.8) is 0 Å².